The molecule has 0 amide bonds. The first-order valence-corrected chi connectivity index (χ1v) is 7.34. The van der Waals surface area contributed by atoms with Crippen LogP contribution in [0.3, 0.4) is 0 Å². The van der Waals surface area contributed by atoms with Crippen molar-refractivity contribution < 1.29 is 17.9 Å². The van der Waals surface area contributed by atoms with Crippen LogP contribution < -0.4 is 10.5 Å². The minimum Gasteiger partial charge on any atom is -0.406 e. The predicted molar refractivity (Wildman–Crippen MR) is 73.3 cm³/mol. The maximum absolute atomic E-state index is 12.2. The Kier molecular flexibility index (Phi) is 3.62. The third kappa shape index (κ3) is 3.19. The SMILES string of the molecule is NC(c1cccc(OC(F)(F)F)c1)c1nc2c(s1)CCC2. The molecule has 0 saturated carbocycles. The summed E-state index contributed by atoms with van der Waals surface area (Å²) in [5, 5.41) is 0.740. The largest absolute Gasteiger partial charge is 0.573 e. The minimum absolute atomic E-state index is 0.264. The molecule has 3 rings (SSSR count). The molecule has 0 fully saturated rings. The van der Waals surface area contributed by atoms with Gasteiger partial charge in [-0.1, -0.05) is 12.1 Å². The number of fused-ring (bicyclic) bond motifs is 1. The molecule has 7 heteroatoms. The number of benzene rings is 1. The van der Waals surface area contributed by atoms with Crippen molar-refractivity contribution in [2.45, 2.75) is 31.7 Å². The van der Waals surface area contributed by atoms with Gasteiger partial charge in [0.1, 0.15) is 10.8 Å². The zero-order valence-electron chi connectivity index (χ0n) is 11.0. The van der Waals surface area contributed by atoms with Crippen LogP contribution in [0.1, 0.15) is 33.6 Å². The third-order valence-electron chi connectivity index (χ3n) is 3.33. The molecule has 1 atom stereocenters. The van der Waals surface area contributed by atoms with Crippen LogP contribution in [0.25, 0.3) is 0 Å². The monoisotopic (exact) mass is 314 g/mol. The zero-order valence-corrected chi connectivity index (χ0v) is 11.8. The highest BCUT2D eigenvalue weighted by Gasteiger charge is 2.31. The second-order valence-corrected chi connectivity index (χ2v) is 5.99. The lowest BCUT2D eigenvalue weighted by molar-refractivity contribution is -0.274. The highest BCUT2D eigenvalue weighted by molar-refractivity contribution is 7.11. The van der Waals surface area contributed by atoms with E-state index in [1.165, 1.54) is 23.1 Å². The van der Waals surface area contributed by atoms with Crippen LogP contribution in [0.4, 0.5) is 13.2 Å². The smallest absolute Gasteiger partial charge is 0.406 e. The van der Waals surface area contributed by atoms with Gasteiger partial charge >= 0.3 is 6.36 Å². The molecule has 0 spiro atoms. The van der Waals surface area contributed by atoms with Gasteiger partial charge in [0.2, 0.25) is 0 Å². The number of hydrogen-bond acceptors (Lipinski definition) is 4. The summed E-state index contributed by atoms with van der Waals surface area (Å²) in [4.78, 5) is 5.74. The summed E-state index contributed by atoms with van der Waals surface area (Å²) in [6.45, 7) is 0. The van der Waals surface area contributed by atoms with Gasteiger partial charge in [-0.3, -0.25) is 0 Å². The molecule has 21 heavy (non-hydrogen) atoms. The van der Waals surface area contributed by atoms with E-state index in [2.05, 4.69) is 9.72 Å². The van der Waals surface area contributed by atoms with Crippen LogP contribution in [-0.4, -0.2) is 11.3 Å². The number of rotatable bonds is 3. The van der Waals surface area contributed by atoms with E-state index < -0.39 is 12.4 Å². The molecular weight excluding hydrogens is 301 g/mol. The highest BCUT2D eigenvalue weighted by Crippen LogP contribution is 2.33. The van der Waals surface area contributed by atoms with Crippen molar-refractivity contribution in [3.8, 4) is 5.75 Å². The van der Waals surface area contributed by atoms with Crippen molar-refractivity contribution in [1.82, 2.24) is 4.98 Å². The van der Waals surface area contributed by atoms with Crippen molar-refractivity contribution in [3.05, 3.63) is 45.4 Å². The summed E-state index contributed by atoms with van der Waals surface area (Å²) in [6.07, 6.45) is -1.63. The lowest BCUT2D eigenvalue weighted by Gasteiger charge is -2.13. The van der Waals surface area contributed by atoms with Crippen LogP contribution in [-0.2, 0) is 12.8 Å². The van der Waals surface area contributed by atoms with Crippen LogP contribution in [0.5, 0.6) is 5.75 Å². The molecule has 0 aliphatic heterocycles. The maximum Gasteiger partial charge on any atom is 0.573 e. The molecule has 3 nitrogen and oxygen atoms in total. The fourth-order valence-electron chi connectivity index (χ4n) is 2.39. The fraction of sp³-hybridized carbons (Fsp3) is 0.357. The number of nitrogens with zero attached hydrogens (tertiary/aromatic N) is 1. The van der Waals surface area contributed by atoms with E-state index in [-0.39, 0.29) is 5.75 Å². The first-order chi connectivity index (χ1) is 9.92. The van der Waals surface area contributed by atoms with Gasteiger partial charge in [-0.25, -0.2) is 4.98 Å². The van der Waals surface area contributed by atoms with Crippen LogP contribution in [0.2, 0.25) is 0 Å². The summed E-state index contributed by atoms with van der Waals surface area (Å²) in [6, 6.07) is 5.21. The lowest BCUT2D eigenvalue weighted by Crippen LogP contribution is -2.18. The van der Waals surface area contributed by atoms with Gasteiger partial charge in [-0.15, -0.1) is 24.5 Å². The summed E-state index contributed by atoms with van der Waals surface area (Å²) in [5.74, 6) is -0.264. The average Bonchev–Trinajstić information content (AvgIpc) is 2.96. The van der Waals surface area contributed by atoms with Gasteiger partial charge in [0.25, 0.3) is 0 Å². The van der Waals surface area contributed by atoms with E-state index in [4.69, 9.17) is 5.73 Å². The molecule has 1 aromatic carbocycles. The second kappa shape index (κ2) is 5.31. The number of aryl methyl sites for hydroxylation is 2. The summed E-state index contributed by atoms with van der Waals surface area (Å²) >= 11 is 1.54. The number of thiazole rings is 1. The second-order valence-electron chi connectivity index (χ2n) is 4.87. The van der Waals surface area contributed by atoms with E-state index in [1.54, 1.807) is 17.4 Å². The Morgan fingerprint density at radius 2 is 2.10 bits per heavy atom. The Balaban J connectivity index is 1.83. The molecule has 0 radical (unpaired) electrons. The standard InChI is InChI=1S/C14H13F3N2OS/c15-14(16,17)20-9-4-1-3-8(7-9)12(18)13-19-10-5-2-6-11(10)21-13/h1,3-4,7,12H,2,5-6,18H2. The minimum atomic E-state index is -4.70. The first kappa shape index (κ1) is 14.3. The molecular formula is C14H13F3N2OS. The molecule has 2 N–H and O–H groups in total. The Hall–Kier alpha value is -1.60. The number of halogens is 3. The van der Waals surface area contributed by atoms with E-state index in [0.717, 1.165) is 30.0 Å². The number of ether oxygens (including phenoxy) is 1. The Morgan fingerprint density at radius 3 is 2.81 bits per heavy atom. The Morgan fingerprint density at radius 1 is 1.29 bits per heavy atom. The average molecular weight is 314 g/mol. The Labute approximate surface area is 123 Å². The van der Waals surface area contributed by atoms with E-state index in [9.17, 15) is 13.2 Å². The van der Waals surface area contributed by atoms with Gasteiger partial charge < -0.3 is 10.5 Å². The first-order valence-electron chi connectivity index (χ1n) is 6.52. The molecule has 2 aromatic rings. The van der Waals surface area contributed by atoms with Gasteiger partial charge in [-0.2, -0.15) is 0 Å². The molecule has 0 bridgehead atoms. The molecule has 1 aliphatic rings. The van der Waals surface area contributed by atoms with Crippen LogP contribution in [0, 0.1) is 0 Å². The number of hydrogen-bond donors (Lipinski definition) is 1. The third-order valence-corrected chi connectivity index (χ3v) is 4.57. The molecule has 112 valence electrons. The molecule has 0 saturated heterocycles. The number of nitrogens with two attached hydrogens (primary N) is 1. The predicted octanol–water partition coefficient (Wildman–Crippen LogP) is 3.58. The van der Waals surface area contributed by atoms with Gasteiger partial charge in [0, 0.05) is 4.88 Å². The van der Waals surface area contributed by atoms with Gasteiger partial charge in [-0.05, 0) is 37.0 Å². The van der Waals surface area contributed by atoms with Crippen molar-refractivity contribution in [1.29, 1.82) is 0 Å². The van der Waals surface area contributed by atoms with E-state index >= 15 is 0 Å². The van der Waals surface area contributed by atoms with Gasteiger partial charge in [0.15, 0.2) is 0 Å². The molecule has 1 aromatic heterocycles. The normalized spacial score (nSPS) is 15.8. The molecule has 1 unspecified atom stereocenters. The van der Waals surface area contributed by atoms with Gasteiger partial charge in [0.05, 0.1) is 11.7 Å². The quantitative estimate of drug-likeness (QED) is 0.942. The fourth-order valence-corrected chi connectivity index (χ4v) is 3.57. The summed E-state index contributed by atoms with van der Waals surface area (Å²) in [7, 11) is 0. The van der Waals surface area contributed by atoms with Crippen LogP contribution in [0.15, 0.2) is 24.3 Å². The van der Waals surface area contributed by atoms with Crippen molar-refractivity contribution in [2.75, 3.05) is 0 Å². The van der Waals surface area contributed by atoms with Crippen molar-refractivity contribution in [2.24, 2.45) is 5.73 Å². The van der Waals surface area contributed by atoms with E-state index in [0.29, 0.717) is 5.56 Å². The lowest BCUT2D eigenvalue weighted by atomic mass is 10.1. The highest BCUT2D eigenvalue weighted by atomic mass is 32.1. The number of aromatic nitrogens is 1. The molecule has 1 heterocycles. The Bertz CT molecular complexity index is 632. The zero-order chi connectivity index (χ0) is 15.0. The topological polar surface area (TPSA) is 48.1 Å². The van der Waals surface area contributed by atoms with Crippen molar-refractivity contribution >= 4 is 11.3 Å². The molecule has 1 aliphatic carbocycles. The maximum atomic E-state index is 12.2. The summed E-state index contributed by atoms with van der Waals surface area (Å²) < 4.78 is 40.6. The van der Waals surface area contributed by atoms with Crippen molar-refractivity contribution in [3.63, 3.8) is 0 Å². The number of alkyl halides is 3. The van der Waals surface area contributed by atoms with E-state index in [1.807, 2.05) is 0 Å². The van der Waals surface area contributed by atoms with Crippen LogP contribution >= 0.6 is 11.3 Å². The summed E-state index contributed by atoms with van der Waals surface area (Å²) in [5.41, 5.74) is 7.76.